The van der Waals surface area contributed by atoms with E-state index in [9.17, 15) is 0 Å². The first kappa shape index (κ1) is 21.8. The van der Waals surface area contributed by atoms with E-state index in [1.807, 2.05) is 36.4 Å². The van der Waals surface area contributed by atoms with E-state index < -0.39 is 0 Å². The lowest BCUT2D eigenvalue weighted by molar-refractivity contribution is 1.31. The third-order valence-corrected chi connectivity index (χ3v) is 6.27. The lowest BCUT2D eigenvalue weighted by atomic mass is 9.80. The standard InChI is InChI=1S/C33H24/c1-7-25-10-16-28(17-11-25)31-22(4)32(29-18-12-26(8-2)13-19-29)24(6)33(23(31)5)30-20-14-27(9-3)15-21-30/h1-3,10-21H,4-6H3. The summed E-state index contributed by atoms with van der Waals surface area (Å²) in [6, 6.07) is 24.6. The van der Waals surface area contributed by atoms with Gasteiger partial charge in [0.1, 0.15) is 0 Å². The minimum absolute atomic E-state index is 0.872. The molecule has 4 aromatic rings. The second-order valence-corrected chi connectivity index (χ2v) is 8.17. The van der Waals surface area contributed by atoms with Crippen molar-refractivity contribution in [3.8, 4) is 70.4 Å². The van der Waals surface area contributed by atoms with Crippen LogP contribution in [-0.4, -0.2) is 0 Å². The van der Waals surface area contributed by atoms with Crippen molar-refractivity contribution in [3.63, 3.8) is 0 Å². The molecule has 0 unspecified atom stereocenters. The minimum Gasteiger partial charge on any atom is -0.115 e. The average molecular weight is 421 g/mol. The first-order valence-electron chi connectivity index (χ1n) is 10.8. The predicted octanol–water partition coefficient (Wildman–Crippen LogP) is 7.56. The molecule has 0 atom stereocenters. The van der Waals surface area contributed by atoms with E-state index in [0.29, 0.717) is 0 Å². The molecule has 0 fully saturated rings. The largest absolute Gasteiger partial charge is 0.115 e. The van der Waals surface area contributed by atoms with E-state index in [0.717, 1.165) is 33.4 Å². The topological polar surface area (TPSA) is 0 Å². The van der Waals surface area contributed by atoms with Crippen molar-refractivity contribution in [2.24, 2.45) is 0 Å². The highest BCUT2D eigenvalue weighted by atomic mass is 14.2. The van der Waals surface area contributed by atoms with Crippen molar-refractivity contribution >= 4 is 0 Å². The maximum Gasteiger partial charge on any atom is 0.0243 e. The Balaban J connectivity index is 2.06. The van der Waals surface area contributed by atoms with E-state index in [1.165, 1.54) is 33.4 Å². The number of rotatable bonds is 3. The SMILES string of the molecule is C#Cc1ccc(-c2c(C)c(-c3ccc(C#C)cc3)c(C)c(-c3ccc(C#C)cc3)c2C)cc1. The molecule has 0 nitrogen and oxygen atoms in total. The summed E-state index contributed by atoms with van der Waals surface area (Å²) in [5, 5.41) is 0. The molecule has 0 amide bonds. The van der Waals surface area contributed by atoms with Gasteiger partial charge in [0.25, 0.3) is 0 Å². The smallest absolute Gasteiger partial charge is 0.0243 e. The third-order valence-electron chi connectivity index (χ3n) is 6.27. The van der Waals surface area contributed by atoms with Crippen LogP contribution in [-0.2, 0) is 0 Å². The highest BCUT2D eigenvalue weighted by Crippen LogP contribution is 2.43. The summed E-state index contributed by atoms with van der Waals surface area (Å²) in [5.41, 5.74) is 13.4. The average Bonchev–Trinajstić information content (AvgIpc) is 2.85. The zero-order valence-corrected chi connectivity index (χ0v) is 19.2. The van der Waals surface area contributed by atoms with Crippen LogP contribution in [0.3, 0.4) is 0 Å². The Morgan fingerprint density at radius 2 is 0.606 bits per heavy atom. The van der Waals surface area contributed by atoms with Gasteiger partial charge in [0.05, 0.1) is 0 Å². The summed E-state index contributed by atoms with van der Waals surface area (Å²) in [6.07, 6.45) is 16.8. The second-order valence-electron chi connectivity index (χ2n) is 8.17. The van der Waals surface area contributed by atoms with Gasteiger partial charge in [0.2, 0.25) is 0 Å². The van der Waals surface area contributed by atoms with Crippen molar-refractivity contribution in [1.29, 1.82) is 0 Å². The Bertz CT molecular complexity index is 1250. The fourth-order valence-electron chi connectivity index (χ4n) is 4.72. The molecule has 0 radical (unpaired) electrons. The minimum atomic E-state index is 0.872. The van der Waals surface area contributed by atoms with Crippen molar-refractivity contribution in [1.82, 2.24) is 0 Å². The zero-order valence-electron chi connectivity index (χ0n) is 19.2. The molecule has 0 saturated carbocycles. The molecule has 0 N–H and O–H groups in total. The van der Waals surface area contributed by atoms with E-state index in [-0.39, 0.29) is 0 Å². The number of terminal acetylenes is 3. The Labute approximate surface area is 197 Å². The molecular formula is C33H24. The quantitative estimate of drug-likeness (QED) is 0.300. The van der Waals surface area contributed by atoms with Crippen molar-refractivity contribution in [2.75, 3.05) is 0 Å². The first-order chi connectivity index (χ1) is 16.0. The van der Waals surface area contributed by atoms with Gasteiger partial charge >= 0.3 is 0 Å². The summed E-state index contributed by atoms with van der Waals surface area (Å²) >= 11 is 0. The van der Waals surface area contributed by atoms with Crippen molar-refractivity contribution in [3.05, 3.63) is 106 Å². The van der Waals surface area contributed by atoms with Gasteiger partial charge in [-0.25, -0.2) is 0 Å². The Morgan fingerprint density at radius 1 is 0.394 bits per heavy atom. The molecule has 156 valence electrons. The van der Waals surface area contributed by atoms with Gasteiger partial charge in [-0.1, -0.05) is 54.2 Å². The Hall–Kier alpha value is -4.44. The molecule has 0 aliphatic carbocycles. The Kier molecular flexibility index (Phi) is 5.92. The van der Waals surface area contributed by atoms with Gasteiger partial charge in [0.15, 0.2) is 0 Å². The summed E-state index contributed by atoms with van der Waals surface area (Å²) < 4.78 is 0. The fourth-order valence-corrected chi connectivity index (χ4v) is 4.72. The summed E-state index contributed by atoms with van der Waals surface area (Å²) in [6.45, 7) is 6.58. The number of hydrogen-bond donors (Lipinski definition) is 0. The fraction of sp³-hybridized carbons (Fsp3) is 0.0909. The van der Waals surface area contributed by atoms with Gasteiger partial charge in [-0.2, -0.15) is 0 Å². The molecule has 0 saturated heterocycles. The molecule has 0 spiro atoms. The monoisotopic (exact) mass is 420 g/mol. The molecule has 0 heterocycles. The van der Waals surface area contributed by atoms with Crippen LogP contribution < -0.4 is 0 Å². The number of benzene rings is 4. The van der Waals surface area contributed by atoms with E-state index in [2.05, 4.69) is 74.9 Å². The first-order valence-corrected chi connectivity index (χ1v) is 10.8. The van der Waals surface area contributed by atoms with Gasteiger partial charge in [-0.15, -0.1) is 19.3 Å². The van der Waals surface area contributed by atoms with E-state index in [4.69, 9.17) is 19.3 Å². The molecule has 33 heavy (non-hydrogen) atoms. The molecule has 0 aromatic heterocycles. The highest BCUT2D eigenvalue weighted by Gasteiger charge is 2.20. The van der Waals surface area contributed by atoms with Crippen LogP contribution in [0.2, 0.25) is 0 Å². The van der Waals surface area contributed by atoms with Gasteiger partial charge in [-0.3, -0.25) is 0 Å². The lowest BCUT2D eigenvalue weighted by Gasteiger charge is -2.23. The van der Waals surface area contributed by atoms with Crippen molar-refractivity contribution in [2.45, 2.75) is 20.8 Å². The lowest BCUT2D eigenvalue weighted by Crippen LogP contribution is -2.01. The van der Waals surface area contributed by atoms with Crippen LogP contribution in [0.5, 0.6) is 0 Å². The summed E-state index contributed by atoms with van der Waals surface area (Å²) in [5.74, 6) is 8.12. The van der Waals surface area contributed by atoms with E-state index >= 15 is 0 Å². The molecule has 0 aliphatic heterocycles. The van der Waals surface area contributed by atoms with Crippen LogP contribution in [0.15, 0.2) is 72.8 Å². The maximum absolute atomic E-state index is 5.59. The van der Waals surface area contributed by atoms with Gasteiger partial charge in [0, 0.05) is 16.7 Å². The van der Waals surface area contributed by atoms with Crippen LogP contribution in [0.25, 0.3) is 33.4 Å². The third kappa shape index (κ3) is 3.94. The second kappa shape index (κ2) is 8.97. The molecule has 4 aromatic carbocycles. The summed E-state index contributed by atoms with van der Waals surface area (Å²) in [4.78, 5) is 0. The molecule has 0 aliphatic rings. The maximum atomic E-state index is 5.59. The van der Waals surface area contributed by atoms with Gasteiger partial charge in [-0.05, 0) is 107 Å². The zero-order chi connectivity index (χ0) is 23.5. The van der Waals surface area contributed by atoms with Crippen molar-refractivity contribution < 1.29 is 0 Å². The molecule has 0 heteroatoms. The summed E-state index contributed by atoms with van der Waals surface area (Å²) in [7, 11) is 0. The molecular weight excluding hydrogens is 396 g/mol. The molecule has 4 rings (SSSR count). The number of hydrogen-bond acceptors (Lipinski definition) is 0. The predicted molar refractivity (Wildman–Crippen MR) is 141 cm³/mol. The van der Waals surface area contributed by atoms with Crippen LogP contribution in [0.4, 0.5) is 0 Å². The normalized spacial score (nSPS) is 10.2. The van der Waals surface area contributed by atoms with E-state index in [1.54, 1.807) is 0 Å². The Morgan fingerprint density at radius 3 is 0.788 bits per heavy atom. The highest BCUT2D eigenvalue weighted by molar-refractivity contribution is 5.91. The van der Waals surface area contributed by atoms with Crippen LogP contribution in [0.1, 0.15) is 33.4 Å². The van der Waals surface area contributed by atoms with Crippen LogP contribution >= 0.6 is 0 Å². The van der Waals surface area contributed by atoms with Crippen LogP contribution in [0, 0.1) is 57.8 Å². The molecule has 0 bridgehead atoms. The van der Waals surface area contributed by atoms with Gasteiger partial charge < -0.3 is 0 Å².